The van der Waals surface area contributed by atoms with Gasteiger partial charge in [-0.15, -0.1) is 0 Å². The molecule has 0 heterocycles. The number of hydrogen-bond donors (Lipinski definition) is 1. The predicted molar refractivity (Wildman–Crippen MR) is 116 cm³/mol. The van der Waals surface area contributed by atoms with E-state index in [9.17, 15) is 9.59 Å². The number of amides is 1. The molecule has 3 rings (SSSR count). The van der Waals surface area contributed by atoms with Gasteiger partial charge in [0.15, 0.2) is 0 Å². The standard InChI is InChI=1S/C25H27NO3/c1-15(2)20-12-11-16(3)23-21(14-20)17(4)13-22(23)26-25(28)24(29-18(5)27)19-9-7-6-8-10-19/h6-15,24H,1-5H3,(H,26,28). The molecule has 1 amide bonds. The lowest BCUT2D eigenvalue weighted by atomic mass is 10.0. The molecule has 0 aromatic heterocycles. The van der Waals surface area contributed by atoms with Crippen molar-refractivity contribution in [2.24, 2.45) is 0 Å². The molecular weight excluding hydrogens is 362 g/mol. The average Bonchev–Trinajstić information content (AvgIpc) is 2.85. The van der Waals surface area contributed by atoms with Gasteiger partial charge < -0.3 is 10.1 Å². The van der Waals surface area contributed by atoms with E-state index < -0.39 is 12.1 Å². The minimum Gasteiger partial charge on any atom is -0.447 e. The third kappa shape index (κ3) is 4.48. The van der Waals surface area contributed by atoms with Gasteiger partial charge in [0.25, 0.3) is 5.91 Å². The summed E-state index contributed by atoms with van der Waals surface area (Å²) in [6, 6.07) is 17.5. The number of aryl methyl sites for hydroxylation is 2. The number of benzene rings is 1. The van der Waals surface area contributed by atoms with Gasteiger partial charge in [0.05, 0.1) is 0 Å². The van der Waals surface area contributed by atoms with Gasteiger partial charge in [-0.3, -0.25) is 9.59 Å². The fourth-order valence-corrected chi connectivity index (χ4v) is 3.56. The van der Waals surface area contributed by atoms with Crippen molar-refractivity contribution >= 4 is 17.6 Å². The first-order chi connectivity index (χ1) is 13.8. The van der Waals surface area contributed by atoms with Crippen LogP contribution in [0.5, 0.6) is 0 Å². The zero-order valence-electron chi connectivity index (χ0n) is 17.6. The van der Waals surface area contributed by atoms with E-state index in [2.05, 4.69) is 37.4 Å². The van der Waals surface area contributed by atoms with Crippen molar-refractivity contribution in [1.82, 2.24) is 0 Å². The van der Waals surface area contributed by atoms with Crippen LogP contribution in [-0.2, 0) is 14.3 Å². The molecule has 0 saturated carbocycles. The van der Waals surface area contributed by atoms with Crippen LogP contribution < -0.4 is 5.32 Å². The summed E-state index contributed by atoms with van der Waals surface area (Å²) in [5, 5.41) is 3.00. The van der Waals surface area contributed by atoms with Crippen molar-refractivity contribution < 1.29 is 14.3 Å². The Hall–Kier alpha value is -3.14. The second-order valence-electron chi connectivity index (χ2n) is 7.73. The number of nitrogens with one attached hydrogen (secondary N) is 1. The quantitative estimate of drug-likeness (QED) is 0.563. The molecule has 0 saturated heterocycles. The van der Waals surface area contributed by atoms with Gasteiger partial charge in [-0.05, 0) is 48.1 Å². The molecule has 150 valence electrons. The first kappa shape index (κ1) is 20.6. The van der Waals surface area contributed by atoms with Gasteiger partial charge in [-0.2, -0.15) is 0 Å². The van der Waals surface area contributed by atoms with E-state index in [4.69, 9.17) is 4.74 Å². The van der Waals surface area contributed by atoms with Crippen LogP contribution in [-0.4, -0.2) is 11.9 Å². The molecule has 2 aliphatic rings. The summed E-state index contributed by atoms with van der Waals surface area (Å²) in [6.45, 7) is 9.73. The van der Waals surface area contributed by atoms with Gasteiger partial charge in [-0.1, -0.05) is 62.4 Å². The zero-order valence-corrected chi connectivity index (χ0v) is 17.6. The molecule has 29 heavy (non-hydrogen) atoms. The summed E-state index contributed by atoms with van der Waals surface area (Å²) in [5.74, 6) is -0.459. The maximum atomic E-state index is 13.1. The zero-order chi connectivity index (χ0) is 21.1. The number of rotatable bonds is 5. The van der Waals surface area contributed by atoms with Crippen LogP contribution in [0.4, 0.5) is 5.69 Å². The van der Waals surface area contributed by atoms with E-state index >= 15 is 0 Å². The molecule has 1 aromatic rings. The number of hydrogen-bond acceptors (Lipinski definition) is 3. The lowest BCUT2D eigenvalue weighted by Crippen LogP contribution is -2.25. The summed E-state index contributed by atoms with van der Waals surface area (Å²) in [5.41, 5.74) is 6.93. The summed E-state index contributed by atoms with van der Waals surface area (Å²) < 4.78 is 5.34. The highest BCUT2D eigenvalue weighted by Crippen LogP contribution is 2.39. The Morgan fingerprint density at radius 1 is 0.897 bits per heavy atom. The molecule has 0 bridgehead atoms. The Morgan fingerprint density at radius 2 is 1.59 bits per heavy atom. The van der Waals surface area contributed by atoms with Gasteiger partial charge in [-0.25, -0.2) is 0 Å². The van der Waals surface area contributed by atoms with Gasteiger partial charge in [0, 0.05) is 23.7 Å². The maximum absolute atomic E-state index is 13.1. The normalized spacial score (nSPS) is 12.1. The van der Waals surface area contributed by atoms with Crippen LogP contribution in [0.15, 0.2) is 54.6 Å². The van der Waals surface area contributed by atoms with Crippen LogP contribution in [0.3, 0.4) is 0 Å². The summed E-state index contributed by atoms with van der Waals surface area (Å²) in [6.07, 6.45) is -0.997. The molecule has 1 N–H and O–H groups in total. The van der Waals surface area contributed by atoms with Crippen molar-refractivity contribution in [3.8, 4) is 11.1 Å². The predicted octanol–water partition coefficient (Wildman–Crippen LogP) is 5.77. The Kier molecular flexibility index (Phi) is 6.02. The summed E-state index contributed by atoms with van der Waals surface area (Å²) in [4.78, 5) is 24.7. The highest BCUT2D eigenvalue weighted by atomic mass is 16.5. The van der Waals surface area contributed by atoms with Crippen LogP contribution in [0, 0.1) is 13.8 Å². The molecule has 1 unspecified atom stereocenters. The SMILES string of the molecule is CC(=O)OC(C(=O)Nc1cc(C)c2cc(C(C)C)ccc(C)c1-2)c1ccccc1. The van der Waals surface area contributed by atoms with E-state index in [-0.39, 0.29) is 5.91 Å². The Labute approximate surface area is 172 Å². The van der Waals surface area contributed by atoms with Crippen molar-refractivity contribution in [3.63, 3.8) is 0 Å². The third-order valence-electron chi connectivity index (χ3n) is 5.10. The van der Waals surface area contributed by atoms with Crippen LogP contribution >= 0.6 is 0 Å². The van der Waals surface area contributed by atoms with Crippen molar-refractivity contribution in [2.45, 2.75) is 46.6 Å². The highest BCUT2D eigenvalue weighted by Gasteiger charge is 2.26. The van der Waals surface area contributed by atoms with E-state index in [0.717, 1.165) is 27.9 Å². The average molecular weight is 389 g/mol. The largest absolute Gasteiger partial charge is 0.447 e. The molecule has 4 nitrogen and oxygen atoms in total. The minimum absolute atomic E-state index is 0.367. The molecule has 0 fully saturated rings. The molecule has 0 spiro atoms. The first-order valence-corrected chi connectivity index (χ1v) is 9.84. The Bertz CT molecular complexity index is 1010. The number of fused-ring (bicyclic) bond motifs is 1. The fraction of sp³-hybridized carbons (Fsp3) is 0.280. The molecule has 1 aromatic carbocycles. The van der Waals surface area contributed by atoms with E-state index in [1.54, 1.807) is 12.1 Å². The number of anilines is 1. The van der Waals surface area contributed by atoms with E-state index in [1.165, 1.54) is 12.5 Å². The molecule has 0 aliphatic heterocycles. The third-order valence-corrected chi connectivity index (χ3v) is 5.10. The van der Waals surface area contributed by atoms with Crippen molar-refractivity contribution in [1.29, 1.82) is 0 Å². The molecule has 2 aliphatic carbocycles. The molecule has 0 radical (unpaired) electrons. The highest BCUT2D eigenvalue weighted by molar-refractivity contribution is 6.01. The van der Waals surface area contributed by atoms with Gasteiger partial charge >= 0.3 is 5.97 Å². The number of esters is 1. The van der Waals surface area contributed by atoms with Gasteiger partial charge in [0.1, 0.15) is 0 Å². The van der Waals surface area contributed by atoms with Gasteiger partial charge in [0.2, 0.25) is 6.10 Å². The number of carbonyl (C=O) groups excluding carboxylic acids is 2. The Morgan fingerprint density at radius 3 is 2.21 bits per heavy atom. The van der Waals surface area contributed by atoms with Crippen LogP contribution in [0.2, 0.25) is 0 Å². The van der Waals surface area contributed by atoms with Crippen LogP contribution in [0.1, 0.15) is 55.0 Å². The lowest BCUT2D eigenvalue weighted by molar-refractivity contribution is -0.152. The molecular formula is C25H27NO3. The monoisotopic (exact) mass is 389 g/mol. The number of carbonyl (C=O) groups is 2. The summed E-state index contributed by atoms with van der Waals surface area (Å²) >= 11 is 0. The second kappa shape index (κ2) is 8.48. The first-order valence-electron chi connectivity index (χ1n) is 9.84. The van der Waals surface area contributed by atoms with Crippen molar-refractivity contribution in [2.75, 3.05) is 5.32 Å². The lowest BCUT2D eigenvalue weighted by Gasteiger charge is -2.17. The van der Waals surface area contributed by atoms with E-state index in [1.807, 2.05) is 38.1 Å². The minimum atomic E-state index is -0.997. The maximum Gasteiger partial charge on any atom is 0.303 e. The van der Waals surface area contributed by atoms with Crippen molar-refractivity contribution in [3.05, 3.63) is 76.9 Å². The number of ether oxygens (including phenoxy) is 1. The molecule has 1 atom stereocenters. The Balaban J connectivity index is 1.99. The summed E-state index contributed by atoms with van der Waals surface area (Å²) in [7, 11) is 0. The smallest absolute Gasteiger partial charge is 0.303 e. The molecule has 4 heteroatoms. The van der Waals surface area contributed by atoms with Crippen LogP contribution in [0.25, 0.3) is 11.1 Å². The second-order valence-corrected chi connectivity index (χ2v) is 7.73. The topological polar surface area (TPSA) is 55.4 Å². The fourth-order valence-electron chi connectivity index (χ4n) is 3.56. The van der Waals surface area contributed by atoms with E-state index in [0.29, 0.717) is 11.5 Å².